The Labute approximate surface area is 130 Å². The van der Waals surface area contributed by atoms with Crippen LogP contribution < -0.4 is 4.90 Å². The number of carbonyl (C=O) groups excluding carboxylic acids is 1. The summed E-state index contributed by atoms with van der Waals surface area (Å²) in [4.78, 5) is 22.7. The molecular weight excluding hydrogens is 278 g/mol. The second kappa shape index (κ2) is 6.75. The molecule has 2 saturated heterocycles. The summed E-state index contributed by atoms with van der Waals surface area (Å²) in [5, 5.41) is 8.78. The molecule has 116 valence electrons. The summed E-state index contributed by atoms with van der Waals surface area (Å²) in [6, 6.07) is 5.72. The first-order chi connectivity index (χ1) is 10.8. The van der Waals surface area contributed by atoms with Crippen LogP contribution >= 0.6 is 0 Å². The highest BCUT2D eigenvalue weighted by Gasteiger charge is 2.23. The van der Waals surface area contributed by atoms with Gasteiger partial charge in [-0.05, 0) is 25.0 Å². The molecule has 3 rings (SSSR count). The zero-order valence-corrected chi connectivity index (χ0v) is 12.7. The van der Waals surface area contributed by atoms with E-state index in [9.17, 15) is 4.79 Å². The molecule has 0 unspecified atom stereocenters. The Hall–Kier alpha value is -2.13. The van der Waals surface area contributed by atoms with Crippen LogP contribution in [0.15, 0.2) is 18.3 Å². The van der Waals surface area contributed by atoms with Gasteiger partial charge in [0.2, 0.25) is 5.91 Å². The molecule has 0 bridgehead atoms. The van der Waals surface area contributed by atoms with Crippen LogP contribution in [0.25, 0.3) is 0 Å². The summed E-state index contributed by atoms with van der Waals surface area (Å²) in [5.74, 6) is 0.269. The van der Waals surface area contributed by atoms with Crippen molar-refractivity contribution in [1.82, 2.24) is 14.8 Å². The third-order valence-electron chi connectivity index (χ3n) is 4.42. The topological polar surface area (TPSA) is 63.5 Å². The van der Waals surface area contributed by atoms with Crippen LogP contribution in [0.4, 0.5) is 5.69 Å². The van der Waals surface area contributed by atoms with Crippen LogP contribution in [-0.2, 0) is 4.79 Å². The highest BCUT2D eigenvalue weighted by Crippen LogP contribution is 2.16. The van der Waals surface area contributed by atoms with Crippen LogP contribution in [0.2, 0.25) is 0 Å². The number of aromatic nitrogens is 1. The van der Waals surface area contributed by atoms with Crippen molar-refractivity contribution >= 4 is 11.6 Å². The van der Waals surface area contributed by atoms with Gasteiger partial charge in [0.15, 0.2) is 0 Å². The monoisotopic (exact) mass is 299 g/mol. The lowest BCUT2D eigenvalue weighted by Crippen LogP contribution is -2.49. The third kappa shape index (κ3) is 3.37. The van der Waals surface area contributed by atoms with Gasteiger partial charge in [-0.15, -0.1) is 0 Å². The van der Waals surface area contributed by atoms with Crippen molar-refractivity contribution in [2.45, 2.75) is 12.8 Å². The lowest BCUT2D eigenvalue weighted by molar-refractivity contribution is -0.131. The number of piperazine rings is 1. The van der Waals surface area contributed by atoms with E-state index >= 15 is 0 Å². The van der Waals surface area contributed by atoms with Crippen LogP contribution in [0.1, 0.15) is 18.5 Å². The van der Waals surface area contributed by atoms with Gasteiger partial charge >= 0.3 is 0 Å². The van der Waals surface area contributed by atoms with Crippen LogP contribution in [0.5, 0.6) is 0 Å². The number of hydrogen-bond donors (Lipinski definition) is 0. The highest BCUT2D eigenvalue weighted by atomic mass is 16.2. The standard InChI is InChI=1S/C16H21N5O/c17-11-14-3-4-15(12-18-14)20-9-7-19(8-10-20)13-16(22)21-5-1-2-6-21/h3-4,12H,1-2,5-10,13H2. The molecule has 0 N–H and O–H groups in total. The van der Waals surface area contributed by atoms with E-state index in [0.29, 0.717) is 12.2 Å². The van der Waals surface area contributed by atoms with Crippen molar-refractivity contribution < 1.29 is 4.79 Å². The number of anilines is 1. The maximum absolute atomic E-state index is 12.2. The molecule has 6 nitrogen and oxygen atoms in total. The number of pyridine rings is 1. The molecule has 1 amide bonds. The number of rotatable bonds is 3. The third-order valence-corrected chi connectivity index (χ3v) is 4.42. The van der Waals surface area contributed by atoms with Crippen molar-refractivity contribution in [3.05, 3.63) is 24.0 Å². The fraction of sp³-hybridized carbons (Fsp3) is 0.562. The summed E-state index contributed by atoms with van der Waals surface area (Å²) in [7, 11) is 0. The maximum Gasteiger partial charge on any atom is 0.236 e. The molecule has 0 saturated carbocycles. The molecule has 0 radical (unpaired) electrons. The smallest absolute Gasteiger partial charge is 0.236 e. The normalized spacial score (nSPS) is 19.2. The molecular formula is C16H21N5O. The second-order valence-corrected chi connectivity index (χ2v) is 5.86. The summed E-state index contributed by atoms with van der Waals surface area (Å²) in [6.07, 6.45) is 4.04. The number of hydrogen-bond acceptors (Lipinski definition) is 5. The van der Waals surface area contributed by atoms with Gasteiger partial charge in [0, 0.05) is 39.3 Å². The summed E-state index contributed by atoms with van der Waals surface area (Å²) >= 11 is 0. The van der Waals surface area contributed by atoms with Gasteiger partial charge < -0.3 is 9.80 Å². The number of amides is 1. The van der Waals surface area contributed by atoms with Gasteiger partial charge in [-0.25, -0.2) is 4.98 Å². The fourth-order valence-corrected chi connectivity index (χ4v) is 3.06. The molecule has 0 spiro atoms. The Morgan fingerprint density at radius 1 is 1.14 bits per heavy atom. The molecule has 22 heavy (non-hydrogen) atoms. The lowest BCUT2D eigenvalue weighted by atomic mass is 10.2. The van der Waals surface area contributed by atoms with Crippen molar-refractivity contribution in [1.29, 1.82) is 5.26 Å². The van der Waals surface area contributed by atoms with E-state index in [1.165, 1.54) is 0 Å². The molecule has 1 aromatic rings. The van der Waals surface area contributed by atoms with Crippen LogP contribution in [-0.4, -0.2) is 66.5 Å². The number of likely N-dealkylation sites (tertiary alicyclic amines) is 1. The molecule has 0 aliphatic carbocycles. The van der Waals surface area contributed by atoms with E-state index in [2.05, 4.69) is 14.8 Å². The van der Waals surface area contributed by atoms with Gasteiger partial charge in [-0.1, -0.05) is 0 Å². The Morgan fingerprint density at radius 2 is 1.86 bits per heavy atom. The molecule has 1 aromatic heterocycles. The Bertz CT molecular complexity index is 551. The van der Waals surface area contributed by atoms with Gasteiger partial charge in [-0.2, -0.15) is 5.26 Å². The van der Waals surface area contributed by atoms with E-state index in [0.717, 1.165) is 57.8 Å². The van der Waals surface area contributed by atoms with Gasteiger partial charge in [0.1, 0.15) is 11.8 Å². The summed E-state index contributed by atoms with van der Waals surface area (Å²) in [6.45, 7) is 5.95. The predicted molar refractivity (Wildman–Crippen MR) is 83.4 cm³/mol. The van der Waals surface area contributed by atoms with E-state index in [4.69, 9.17) is 5.26 Å². The quantitative estimate of drug-likeness (QED) is 0.822. The van der Waals surface area contributed by atoms with Crippen LogP contribution in [0.3, 0.4) is 0 Å². The maximum atomic E-state index is 12.2. The van der Waals surface area contributed by atoms with E-state index in [1.54, 1.807) is 12.3 Å². The Kier molecular flexibility index (Phi) is 4.54. The van der Waals surface area contributed by atoms with Crippen molar-refractivity contribution in [3.63, 3.8) is 0 Å². The highest BCUT2D eigenvalue weighted by molar-refractivity contribution is 5.78. The van der Waals surface area contributed by atoms with Crippen LogP contribution in [0, 0.1) is 11.3 Å². The molecule has 0 aromatic carbocycles. The largest absolute Gasteiger partial charge is 0.368 e. The number of carbonyl (C=O) groups is 1. The summed E-state index contributed by atoms with van der Waals surface area (Å²) < 4.78 is 0. The zero-order chi connectivity index (χ0) is 15.4. The number of nitriles is 1. The first kappa shape index (κ1) is 14.8. The first-order valence-corrected chi connectivity index (χ1v) is 7.87. The van der Waals surface area contributed by atoms with Gasteiger partial charge in [-0.3, -0.25) is 9.69 Å². The predicted octanol–water partition coefficient (Wildman–Crippen LogP) is 0.698. The van der Waals surface area contributed by atoms with Crippen molar-refractivity contribution in [3.8, 4) is 6.07 Å². The molecule has 0 atom stereocenters. The molecule has 2 aliphatic rings. The minimum atomic E-state index is 0.269. The van der Waals surface area contributed by atoms with Gasteiger partial charge in [0.05, 0.1) is 18.4 Å². The number of nitrogens with zero attached hydrogens (tertiary/aromatic N) is 5. The first-order valence-electron chi connectivity index (χ1n) is 7.87. The fourth-order valence-electron chi connectivity index (χ4n) is 3.06. The van der Waals surface area contributed by atoms with Crippen molar-refractivity contribution in [2.24, 2.45) is 0 Å². The SMILES string of the molecule is N#Cc1ccc(N2CCN(CC(=O)N3CCCC3)CC2)cn1. The minimum absolute atomic E-state index is 0.269. The Balaban J connectivity index is 1.49. The Morgan fingerprint density at radius 3 is 2.45 bits per heavy atom. The molecule has 3 heterocycles. The average molecular weight is 299 g/mol. The van der Waals surface area contributed by atoms with Gasteiger partial charge in [0.25, 0.3) is 0 Å². The minimum Gasteiger partial charge on any atom is -0.368 e. The van der Waals surface area contributed by atoms with E-state index < -0.39 is 0 Å². The molecule has 2 fully saturated rings. The molecule has 2 aliphatic heterocycles. The van der Waals surface area contributed by atoms with E-state index in [1.807, 2.05) is 17.0 Å². The van der Waals surface area contributed by atoms with Crippen molar-refractivity contribution in [2.75, 3.05) is 50.7 Å². The average Bonchev–Trinajstić information content (AvgIpc) is 3.10. The lowest BCUT2D eigenvalue weighted by Gasteiger charge is -2.36. The second-order valence-electron chi connectivity index (χ2n) is 5.86. The zero-order valence-electron chi connectivity index (χ0n) is 12.7. The molecule has 6 heteroatoms. The summed E-state index contributed by atoms with van der Waals surface area (Å²) in [5.41, 5.74) is 1.49. The van der Waals surface area contributed by atoms with E-state index in [-0.39, 0.29) is 5.91 Å².